The Bertz CT molecular complexity index is 429. The molecular weight excluding hydrogens is 259 g/mol. The number of halogens is 1. The molecule has 0 unspecified atom stereocenters. The second kappa shape index (κ2) is 7.67. The van der Waals surface area contributed by atoms with E-state index in [2.05, 4.69) is 10.6 Å². The number of carbonyl (C=O) groups is 2. The van der Waals surface area contributed by atoms with Crippen LogP contribution in [0.15, 0.2) is 24.3 Å². The molecule has 18 heavy (non-hydrogen) atoms. The number of aliphatic hydroxyl groups is 1. The van der Waals surface area contributed by atoms with Gasteiger partial charge in [0.1, 0.15) is 5.82 Å². The Kier molecular flexibility index (Phi) is 6.16. The van der Waals surface area contributed by atoms with E-state index in [1.165, 1.54) is 30.0 Å². The molecule has 3 amide bonds. The number of anilines is 1. The molecule has 7 heteroatoms. The van der Waals surface area contributed by atoms with E-state index in [1.807, 2.05) is 0 Å². The van der Waals surface area contributed by atoms with Crippen LogP contribution in [0.25, 0.3) is 0 Å². The van der Waals surface area contributed by atoms with Gasteiger partial charge in [0.25, 0.3) is 0 Å². The molecule has 0 heterocycles. The summed E-state index contributed by atoms with van der Waals surface area (Å²) in [6, 6.07) is 4.87. The van der Waals surface area contributed by atoms with Crippen LogP contribution in [0.5, 0.6) is 0 Å². The van der Waals surface area contributed by atoms with Crippen molar-refractivity contribution in [1.82, 2.24) is 5.32 Å². The molecular formula is C11H13FN2O3S. The van der Waals surface area contributed by atoms with Crippen LogP contribution in [0.1, 0.15) is 0 Å². The number of amides is 3. The number of para-hydroxylation sites is 1. The molecule has 1 rings (SSSR count). The Labute approximate surface area is 108 Å². The highest BCUT2D eigenvalue weighted by Crippen LogP contribution is 2.11. The first kappa shape index (κ1) is 14.5. The summed E-state index contributed by atoms with van der Waals surface area (Å²) >= 11 is 1.20. The molecule has 0 bridgehead atoms. The summed E-state index contributed by atoms with van der Waals surface area (Å²) in [6.45, 7) is -0.0284. The van der Waals surface area contributed by atoms with Gasteiger partial charge in [-0.2, -0.15) is 0 Å². The molecule has 1 aromatic rings. The van der Waals surface area contributed by atoms with Gasteiger partial charge < -0.3 is 10.4 Å². The quantitative estimate of drug-likeness (QED) is 0.704. The SMILES string of the molecule is O=C(CSCCO)NC(=O)Nc1ccccc1F. The van der Waals surface area contributed by atoms with Gasteiger partial charge in [0.05, 0.1) is 18.0 Å². The van der Waals surface area contributed by atoms with Crippen molar-refractivity contribution in [3.05, 3.63) is 30.1 Å². The number of hydrogen-bond donors (Lipinski definition) is 3. The molecule has 98 valence electrons. The normalized spacial score (nSPS) is 9.89. The standard InChI is InChI=1S/C11H13FN2O3S/c12-8-3-1-2-4-9(8)13-11(17)14-10(16)7-18-6-5-15/h1-4,15H,5-7H2,(H2,13,14,16,17). The third-order valence-corrected chi connectivity index (χ3v) is 2.78. The smallest absolute Gasteiger partial charge is 0.325 e. The molecule has 5 nitrogen and oxygen atoms in total. The third-order valence-electron chi connectivity index (χ3n) is 1.84. The topological polar surface area (TPSA) is 78.4 Å². The Morgan fingerprint density at radius 1 is 1.33 bits per heavy atom. The minimum Gasteiger partial charge on any atom is -0.396 e. The summed E-state index contributed by atoms with van der Waals surface area (Å²) in [6.07, 6.45) is 0. The molecule has 3 N–H and O–H groups in total. The number of carbonyl (C=O) groups excluding carboxylic acids is 2. The summed E-state index contributed by atoms with van der Waals surface area (Å²) < 4.78 is 13.2. The van der Waals surface area contributed by atoms with Crippen molar-refractivity contribution in [2.75, 3.05) is 23.4 Å². The maximum absolute atomic E-state index is 13.2. The second-order valence-corrected chi connectivity index (χ2v) is 4.36. The van der Waals surface area contributed by atoms with Gasteiger partial charge in [-0.05, 0) is 12.1 Å². The maximum Gasteiger partial charge on any atom is 0.325 e. The summed E-state index contributed by atoms with van der Waals surface area (Å²) in [5, 5.41) is 12.8. The monoisotopic (exact) mass is 272 g/mol. The van der Waals surface area contributed by atoms with Crippen molar-refractivity contribution < 1.29 is 19.1 Å². The number of aliphatic hydroxyl groups excluding tert-OH is 1. The largest absolute Gasteiger partial charge is 0.396 e. The van der Waals surface area contributed by atoms with Gasteiger partial charge in [-0.25, -0.2) is 9.18 Å². The molecule has 0 atom stereocenters. The summed E-state index contributed by atoms with van der Waals surface area (Å²) in [5.41, 5.74) is 0.00538. The molecule has 1 aromatic carbocycles. The fourth-order valence-corrected chi connectivity index (χ4v) is 1.64. The highest BCUT2D eigenvalue weighted by molar-refractivity contribution is 7.99. The lowest BCUT2D eigenvalue weighted by Gasteiger charge is -2.07. The predicted molar refractivity (Wildman–Crippen MR) is 68.0 cm³/mol. The van der Waals surface area contributed by atoms with Gasteiger partial charge in [0.2, 0.25) is 5.91 Å². The van der Waals surface area contributed by atoms with E-state index >= 15 is 0 Å². The molecule has 0 fully saturated rings. The van der Waals surface area contributed by atoms with E-state index < -0.39 is 17.8 Å². The van der Waals surface area contributed by atoms with Crippen LogP contribution in [0.4, 0.5) is 14.9 Å². The van der Waals surface area contributed by atoms with E-state index in [9.17, 15) is 14.0 Å². The average molecular weight is 272 g/mol. The fourth-order valence-electron chi connectivity index (χ4n) is 1.11. The second-order valence-electron chi connectivity index (χ2n) is 3.26. The van der Waals surface area contributed by atoms with Crippen molar-refractivity contribution in [1.29, 1.82) is 0 Å². The van der Waals surface area contributed by atoms with Crippen molar-refractivity contribution in [3.8, 4) is 0 Å². The van der Waals surface area contributed by atoms with Gasteiger partial charge in [-0.1, -0.05) is 12.1 Å². The summed E-state index contributed by atoms with van der Waals surface area (Å²) in [7, 11) is 0. The van der Waals surface area contributed by atoms with E-state index in [0.29, 0.717) is 5.75 Å². The van der Waals surface area contributed by atoms with Gasteiger partial charge in [0.15, 0.2) is 0 Å². The summed E-state index contributed by atoms with van der Waals surface area (Å²) in [4.78, 5) is 22.6. The first-order valence-corrected chi connectivity index (χ1v) is 6.33. The zero-order valence-corrected chi connectivity index (χ0v) is 10.3. The van der Waals surface area contributed by atoms with Crippen molar-refractivity contribution in [3.63, 3.8) is 0 Å². The van der Waals surface area contributed by atoms with Crippen molar-refractivity contribution in [2.24, 2.45) is 0 Å². The summed E-state index contributed by atoms with van der Waals surface area (Å²) in [5.74, 6) is -0.592. The highest BCUT2D eigenvalue weighted by atomic mass is 32.2. The van der Waals surface area contributed by atoms with Gasteiger partial charge in [-0.15, -0.1) is 11.8 Å². The molecule has 0 aliphatic heterocycles. The number of urea groups is 1. The minimum absolute atomic E-state index is 0.00538. The third kappa shape index (κ3) is 5.15. The van der Waals surface area contributed by atoms with Crippen LogP contribution in [0, 0.1) is 5.82 Å². The Hall–Kier alpha value is -1.60. The maximum atomic E-state index is 13.2. The zero-order valence-electron chi connectivity index (χ0n) is 9.48. The number of hydrogen-bond acceptors (Lipinski definition) is 4. The Balaban J connectivity index is 2.38. The van der Waals surface area contributed by atoms with E-state index in [0.717, 1.165) is 0 Å². The van der Waals surface area contributed by atoms with E-state index in [1.54, 1.807) is 6.07 Å². The zero-order chi connectivity index (χ0) is 13.4. The highest BCUT2D eigenvalue weighted by Gasteiger charge is 2.09. The number of rotatable bonds is 5. The van der Waals surface area contributed by atoms with Gasteiger partial charge in [0, 0.05) is 5.75 Å². The lowest BCUT2D eigenvalue weighted by molar-refractivity contribution is -0.117. The van der Waals surface area contributed by atoms with Crippen LogP contribution < -0.4 is 10.6 Å². The molecule has 0 radical (unpaired) electrons. The molecule has 0 aliphatic carbocycles. The van der Waals surface area contributed by atoms with Gasteiger partial charge in [-0.3, -0.25) is 10.1 Å². The molecule has 0 spiro atoms. The number of benzene rings is 1. The Morgan fingerprint density at radius 3 is 2.72 bits per heavy atom. The first-order valence-electron chi connectivity index (χ1n) is 5.17. The van der Waals surface area contributed by atoms with Crippen LogP contribution in [-0.4, -0.2) is 35.2 Å². The fraction of sp³-hybridized carbons (Fsp3) is 0.273. The molecule has 0 aromatic heterocycles. The van der Waals surface area contributed by atoms with E-state index in [-0.39, 0.29) is 18.0 Å². The van der Waals surface area contributed by atoms with Crippen molar-refractivity contribution >= 4 is 29.4 Å². The van der Waals surface area contributed by atoms with E-state index in [4.69, 9.17) is 5.11 Å². The van der Waals surface area contributed by atoms with Crippen LogP contribution in [-0.2, 0) is 4.79 Å². The molecule has 0 aliphatic rings. The Morgan fingerprint density at radius 2 is 2.06 bits per heavy atom. The minimum atomic E-state index is -0.783. The average Bonchev–Trinajstić information content (AvgIpc) is 2.32. The van der Waals surface area contributed by atoms with Gasteiger partial charge >= 0.3 is 6.03 Å². The number of imide groups is 1. The molecule has 0 saturated carbocycles. The van der Waals surface area contributed by atoms with Crippen molar-refractivity contribution in [2.45, 2.75) is 0 Å². The van der Waals surface area contributed by atoms with Crippen LogP contribution >= 0.6 is 11.8 Å². The number of thioether (sulfide) groups is 1. The predicted octanol–water partition coefficient (Wildman–Crippen LogP) is 1.20. The lowest BCUT2D eigenvalue weighted by atomic mass is 10.3. The molecule has 0 saturated heterocycles. The number of nitrogens with one attached hydrogen (secondary N) is 2. The lowest BCUT2D eigenvalue weighted by Crippen LogP contribution is -2.35. The van der Waals surface area contributed by atoms with Crippen LogP contribution in [0.2, 0.25) is 0 Å². The first-order chi connectivity index (χ1) is 8.63. The van der Waals surface area contributed by atoms with Crippen LogP contribution in [0.3, 0.4) is 0 Å².